The number of rotatable bonds is 11. The molecule has 430 valence electrons. The summed E-state index contributed by atoms with van der Waals surface area (Å²) < 4.78 is 42.5. The van der Waals surface area contributed by atoms with Gasteiger partial charge in [-0.25, -0.2) is 4.98 Å². The summed E-state index contributed by atoms with van der Waals surface area (Å²) in [5, 5.41) is 7.60. The standard InChI is InChI=1S/C37H53F3N6O2S.C26H28ClN3O/c1-24-32(49-23-43-24)27-14-12-26(13-15-27)30(22-45-19-16-28(17-20-45)37(38,39)40)44-34(47)31-11-8-18-46(31)35(48)33(36(2,3)4)42-21-29(41)25-9-6-5-7-10-25;1-29-14-10-17(11-15-29)18-8-9-19-22(16-18)30-21-7-5-6-20(27)23(21)24(31)28-25(30)26(19)12-3-2-4-13-26/h12-15,21,23,25,28,30-31,33,42H,5-11,16-20,22,41H2,1-4H3,(H,44,47);5-9,16-17H,2-4,10-15H2,1H3/b29-21-;. The van der Waals surface area contributed by atoms with Gasteiger partial charge in [-0.2, -0.15) is 18.2 Å². The fraction of sp³-hybridized carbons (Fsp3) is 0.571. The van der Waals surface area contributed by atoms with E-state index in [-0.39, 0.29) is 35.6 Å². The molecule has 0 radical (unpaired) electrons. The van der Waals surface area contributed by atoms with E-state index >= 15 is 0 Å². The van der Waals surface area contributed by atoms with E-state index in [0.717, 1.165) is 90.4 Å². The SMILES string of the molecule is CN1CCC(c2ccc3c(c2)-n2c(nc(=O)c4c(Cl)cccc42)C32CCCCC2)CC1.Cc1ncsc1-c1ccc(C(CN2CCC(C(F)(F)F)CC2)NC(=O)C2CCCN2C(=O)C(N/C=C(\N)C2CCCCC2)C(C)(C)C)cc1. The zero-order chi connectivity index (χ0) is 56.5. The molecule has 1 spiro atoms. The highest BCUT2D eigenvalue weighted by molar-refractivity contribution is 7.13. The van der Waals surface area contributed by atoms with Crippen molar-refractivity contribution >= 4 is 45.7 Å². The Balaban J connectivity index is 0.000000198. The van der Waals surface area contributed by atoms with Gasteiger partial charge >= 0.3 is 6.18 Å². The highest BCUT2D eigenvalue weighted by Gasteiger charge is 2.47. The van der Waals surface area contributed by atoms with Crippen LogP contribution in [-0.2, 0) is 15.0 Å². The Morgan fingerprint density at radius 3 is 2.24 bits per heavy atom. The van der Waals surface area contributed by atoms with Crippen molar-refractivity contribution in [3.63, 3.8) is 0 Å². The van der Waals surface area contributed by atoms with Gasteiger partial charge in [0.1, 0.15) is 17.9 Å². The first-order chi connectivity index (χ1) is 38.3. The zero-order valence-electron chi connectivity index (χ0n) is 47.4. The lowest BCUT2D eigenvalue weighted by atomic mass is 9.69. The number of piperidine rings is 2. The summed E-state index contributed by atoms with van der Waals surface area (Å²) >= 11 is 8.04. The molecule has 2 amide bonds. The van der Waals surface area contributed by atoms with Crippen molar-refractivity contribution in [3.8, 4) is 16.1 Å². The summed E-state index contributed by atoms with van der Waals surface area (Å²) in [6, 6.07) is 19.1. The third-order valence-electron chi connectivity index (χ3n) is 18.5. The number of carbonyl (C=O) groups excluding carboxylic acids is 2. The van der Waals surface area contributed by atoms with Gasteiger partial charge in [0, 0.05) is 25.0 Å². The van der Waals surface area contributed by atoms with Gasteiger partial charge in [-0.3, -0.25) is 19.0 Å². The van der Waals surface area contributed by atoms with E-state index in [4.69, 9.17) is 22.3 Å². The van der Waals surface area contributed by atoms with Crippen molar-refractivity contribution in [1.29, 1.82) is 0 Å². The summed E-state index contributed by atoms with van der Waals surface area (Å²) in [6.07, 6.45) is 12.8. The number of aromatic nitrogens is 3. The van der Waals surface area contributed by atoms with Crippen molar-refractivity contribution in [2.75, 3.05) is 46.3 Å². The lowest BCUT2D eigenvalue weighted by Crippen LogP contribution is -2.56. The fourth-order valence-corrected chi connectivity index (χ4v) is 14.9. The Morgan fingerprint density at radius 2 is 1.57 bits per heavy atom. The molecule has 6 aliphatic rings. The molecular formula is C63H81ClF3N9O3S. The first kappa shape index (κ1) is 57.9. The Labute approximate surface area is 479 Å². The normalized spacial score (nSPS) is 21.4. The summed E-state index contributed by atoms with van der Waals surface area (Å²) in [7, 11) is 2.21. The Hall–Kier alpha value is -5.29. The minimum absolute atomic E-state index is 0.0412. The van der Waals surface area contributed by atoms with Crippen LogP contribution in [0.4, 0.5) is 13.2 Å². The van der Waals surface area contributed by atoms with Crippen LogP contribution in [-0.4, -0.2) is 106 Å². The summed E-state index contributed by atoms with van der Waals surface area (Å²) in [5.41, 5.74) is 16.0. The van der Waals surface area contributed by atoms with E-state index < -0.39 is 35.6 Å². The maximum absolute atomic E-state index is 14.2. The van der Waals surface area contributed by atoms with Gasteiger partial charge in [-0.1, -0.05) is 113 Å². The quantitative estimate of drug-likeness (QED) is 0.118. The number of hydrogen-bond acceptors (Lipinski definition) is 10. The van der Waals surface area contributed by atoms with Crippen LogP contribution >= 0.6 is 22.9 Å². The number of likely N-dealkylation sites (tertiary alicyclic amines) is 3. The molecule has 2 aromatic heterocycles. The third kappa shape index (κ3) is 12.2. The number of benzene rings is 3. The van der Waals surface area contributed by atoms with E-state index in [2.05, 4.69) is 50.3 Å². The molecule has 3 saturated heterocycles. The van der Waals surface area contributed by atoms with E-state index in [9.17, 15) is 27.6 Å². The maximum atomic E-state index is 14.2. The largest absolute Gasteiger partial charge is 0.401 e. The number of aryl methyl sites for hydroxylation is 1. The van der Waals surface area contributed by atoms with Gasteiger partial charge in [0.05, 0.1) is 55.1 Å². The topological polar surface area (TPSA) is 142 Å². The predicted octanol–water partition coefficient (Wildman–Crippen LogP) is 12.3. The van der Waals surface area contributed by atoms with Gasteiger partial charge in [-0.05, 0) is 162 Å². The average Bonchev–Trinajstić information content (AvgIpc) is 4.38. The molecule has 12 nitrogen and oxygen atoms in total. The third-order valence-corrected chi connectivity index (χ3v) is 19.8. The second-order valence-electron chi connectivity index (χ2n) is 24.9. The molecule has 0 bridgehead atoms. The lowest BCUT2D eigenvalue weighted by Gasteiger charge is -2.37. The highest BCUT2D eigenvalue weighted by atomic mass is 35.5. The van der Waals surface area contributed by atoms with Crippen LogP contribution in [0.5, 0.6) is 0 Å². The molecular weight excluding hydrogens is 1060 g/mol. The van der Waals surface area contributed by atoms with Crippen LogP contribution in [0.1, 0.15) is 164 Å². The number of alkyl halides is 3. The number of nitrogens with zero attached hydrogens (tertiary/aromatic N) is 6. The number of nitrogens with two attached hydrogens (primary N) is 1. The molecule has 80 heavy (non-hydrogen) atoms. The first-order valence-electron chi connectivity index (χ1n) is 29.5. The van der Waals surface area contributed by atoms with Crippen LogP contribution < -0.4 is 21.9 Å². The van der Waals surface area contributed by atoms with Gasteiger partial charge in [0.2, 0.25) is 11.8 Å². The zero-order valence-corrected chi connectivity index (χ0v) is 48.9. The van der Waals surface area contributed by atoms with Crippen LogP contribution in [0, 0.1) is 24.2 Å². The molecule has 4 aliphatic heterocycles. The van der Waals surface area contributed by atoms with Crippen molar-refractivity contribution in [1.82, 2.24) is 39.9 Å². The molecule has 5 fully saturated rings. The smallest absolute Gasteiger partial charge is 0.391 e. The number of halogens is 4. The number of carbonyl (C=O) groups is 2. The monoisotopic (exact) mass is 1140 g/mol. The second kappa shape index (κ2) is 24.3. The lowest BCUT2D eigenvalue weighted by molar-refractivity contribution is -0.185. The van der Waals surface area contributed by atoms with Crippen molar-refractivity contribution < 1.29 is 22.8 Å². The fourth-order valence-electron chi connectivity index (χ4n) is 13.8. The number of amides is 2. The average molecular weight is 1140 g/mol. The van der Waals surface area contributed by atoms with Gasteiger partial charge in [0.25, 0.3) is 5.56 Å². The predicted molar refractivity (Wildman–Crippen MR) is 314 cm³/mol. The van der Waals surface area contributed by atoms with Crippen LogP contribution in [0.2, 0.25) is 5.02 Å². The molecule has 2 saturated carbocycles. The van der Waals surface area contributed by atoms with Crippen LogP contribution in [0.15, 0.2) is 82.9 Å². The highest BCUT2D eigenvalue weighted by Crippen LogP contribution is 2.52. The number of fused-ring (bicyclic) bond motifs is 7. The molecule has 3 unspecified atom stereocenters. The Morgan fingerprint density at radius 1 is 0.875 bits per heavy atom. The first-order valence-corrected chi connectivity index (χ1v) is 30.7. The second-order valence-corrected chi connectivity index (χ2v) is 26.2. The maximum Gasteiger partial charge on any atom is 0.391 e. The number of thiazole rings is 1. The molecule has 3 atom stereocenters. The summed E-state index contributed by atoms with van der Waals surface area (Å²) in [5.74, 6) is 0.173. The van der Waals surface area contributed by atoms with Crippen molar-refractivity contribution in [2.45, 2.75) is 166 Å². The number of nitrogens with one attached hydrogen (secondary N) is 2. The number of hydrogen-bond donors (Lipinski definition) is 3. The molecule has 4 N–H and O–H groups in total. The van der Waals surface area contributed by atoms with Crippen LogP contribution in [0.3, 0.4) is 0 Å². The summed E-state index contributed by atoms with van der Waals surface area (Å²) in [6.45, 7) is 11.8. The molecule has 17 heteroatoms. The van der Waals surface area contributed by atoms with E-state index in [0.29, 0.717) is 61.3 Å². The number of allylic oxidation sites excluding steroid dienone is 1. The molecule has 6 heterocycles. The minimum atomic E-state index is -4.19. The van der Waals surface area contributed by atoms with E-state index in [1.54, 1.807) is 22.3 Å². The van der Waals surface area contributed by atoms with Gasteiger partial charge in [-0.15, -0.1) is 11.3 Å². The minimum Gasteiger partial charge on any atom is -0.401 e. The van der Waals surface area contributed by atoms with Crippen LogP contribution in [0.25, 0.3) is 27.0 Å². The van der Waals surface area contributed by atoms with E-state index in [1.165, 1.54) is 55.3 Å². The molecule has 5 aromatic rings. The van der Waals surface area contributed by atoms with E-state index in [1.807, 2.05) is 80.7 Å². The Kier molecular flexibility index (Phi) is 17.6. The summed E-state index contributed by atoms with van der Waals surface area (Å²) in [4.78, 5) is 57.6. The van der Waals surface area contributed by atoms with Crippen molar-refractivity contribution in [3.05, 3.63) is 122 Å². The molecule has 3 aromatic carbocycles. The molecule has 2 aliphatic carbocycles. The van der Waals surface area contributed by atoms with Gasteiger partial charge in [0.15, 0.2) is 0 Å². The molecule has 11 rings (SSSR count). The Bertz CT molecular complexity index is 3090. The van der Waals surface area contributed by atoms with Crippen molar-refractivity contribution in [2.24, 2.45) is 23.0 Å². The van der Waals surface area contributed by atoms with Gasteiger partial charge < -0.3 is 31.1 Å².